The Labute approximate surface area is 198 Å². The summed E-state index contributed by atoms with van der Waals surface area (Å²) >= 11 is 0. The minimum atomic E-state index is -0.709. The number of hydrogen-bond donors (Lipinski definition) is 1. The first-order valence-electron chi connectivity index (χ1n) is 11.4. The molecule has 3 aromatic rings. The Balaban J connectivity index is 1.73. The smallest absolute Gasteiger partial charge is 0.309 e. The van der Waals surface area contributed by atoms with Crippen LogP contribution in [0.4, 0.5) is 4.39 Å². The van der Waals surface area contributed by atoms with Gasteiger partial charge in [-0.2, -0.15) is 0 Å². The fourth-order valence-corrected chi connectivity index (χ4v) is 4.03. The summed E-state index contributed by atoms with van der Waals surface area (Å²) in [6.07, 6.45) is 4.62. The number of carbonyl (C=O) groups excluding carboxylic acids is 1. The highest BCUT2D eigenvalue weighted by molar-refractivity contribution is 5.79. The summed E-state index contributed by atoms with van der Waals surface area (Å²) in [4.78, 5) is 16.1. The first-order chi connectivity index (χ1) is 16.4. The molecule has 0 amide bonds. The second-order valence-electron chi connectivity index (χ2n) is 8.73. The van der Waals surface area contributed by atoms with Gasteiger partial charge in [-0.15, -0.1) is 0 Å². The molecule has 0 spiro atoms. The first kappa shape index (κ1) is 23.6. The maximum atomic E-state index is 13.6. The van der Waals surface area contributed by atoms with Crippen LogP contribution < -0.4 is 4.74 Å². The molecule has 2 aromatic carbocycles. The van der Waals surface area contributed by atoms with E-state index in [1.54, 1.807) is 18.3 Å². The number of esters is 1. The fourth-order valence-electron chi connectivity index (χ4n) is 4.03. The van der Waals surface area contributed by atoms with E-state index in [1.807, 2.05) is 42.5 Å². The van der Waals surface area contributed by atoms with Crippen molar-refractivity contribution in [1.29, 1.82) is 0 Å². The Morgan fingerprint density at radius 2 is 2.00 bits per heavy atom. The van der Waals surface area contributed by atoms with Crippen LogP contribution in [0.3, 0.4) is 0 Å². The molecule has 0 radical (unpaired) electrons. The molecule has 1 aromatic heterocycles. The number of cyclic esters (lactones) is 1. The molecule has 1 saturated heterocycles. The number of ether oxygens (including phenoxy) is 2. The lowest BCUT2D eigenvalue weighted by Crippen LogP contribution is -2.31. The minimum absolute atomic E-state index is 0.0186. The van der Waals surface area contributed by atoms with E-state index in [1.165, 1.54) is 12.1 Å². The van der Waals surface area contributed by atoms with Gasteiger partial charge in [0.25, 0.3) is 0 Å². The van der Waals surface area contributed by atoms with Gasteiger partial charge in [0.2, 0.25) is 0 Å². The predicted octanol–water partition coefficient (Wildman–Crippen LogP) is 5.67. The predicted molar refractivity (Wildman–Crippen MR) is 129 cm³/mol. The summed E-state index contributed by atoms with van der Waals surface area (Å²) in [5.74, 6) is 0.132. The Bertz CT molecular complexity index is 1160. The molecule has 4 rings (SSSR count). The second-order valence-corrected chi connectivity index (χ2v) is 8.73. The molecule has 6 heteroatoms. The Hall–Kier alpha value is -3.51. The molecule has 2 atom stereocenters. The Morgan fingerprint density at radius 3 is 2.68 bits per heavy atom. The molecule has 2 unspecified atom stereocenters. The topological polar surface area (TPSA) is 68.7 Å². The average molecular weight is 462 g/mol. The third kappa shape index (κ3) is 5.88. The molecule has 1 aliphatic rings. The lowest BCUT2D eigenvalue weighted by atomic mass is 9.89. The van der Waals surface area contributed by atoms with Crippen molar-refractivity contribution in [2.45, 2.75) is 51.4 Å². The zero-order valence-electron chi connectivity index (χ0n) is 19.3. The van der Waals surface area contributed by atoms with Crippen molar-refractivity contribution in [1.82, 2.24) is 4.98 Å². The van der Waals surface area contributed by atoms with Crippen molar-refractivity contribution in [3.8, 4) is 16.9 Å². The third-order valence-electron chi connectivity index (χ3n) is 5.74. The third-order valence-corrected chi connectivity index (χ3v) is 5.74. The van der Waals surface area contributed by atoms with Crippen molar-refractivity contribution < 1.29 is 23.8 Å². The van der Waals surface area contributed by atoms with E-state index < -0.39 is 18.2 Å². The number of aliphatic hydroxyl groups excluding tert-OH is 1. The van der Waals surface area contributed by atoms with E-state index in [4.69, 9.17) is 9.47 Å². The number of aromatic nitrogens is 1. The maximum absolute atomic E-state index is 13.6. The molecular formula is C28H28FNO4. The van der Waals surface area contributed by atoms with Gasteiger partial charge in [-0.05, 0) is 70.6 Å². The van der Waals surface area contributed by atoms with E-state index in [2.05, 4.69) is 18.8 Å². The van der Waals surface area contributed by atoms with E-state index >= 15 is 0 Å². The molecule has 1 N–H and O–H groups in total. The molecule has 0 bridgehead atoms. The number of benzene rings is 2. The number of pyridine rings is 1. The minimum Gasteiger partial charge on any atom is -0.487 e. The highest BCUT2D eigenvalue weighted by Gasteiger charge is 2.25. The number of rotatable bonds is 7. The summed E-state index contributed by atoms with van der Waals surface area (Å²) in [7, 11) is 0. The molecule has 1 fully saturated rings. The summed E-state index contributed by atoms with van der Waals surface area (Å²) in [6, 6.07) is 15.9. The van der Waals surface area contributed by atoms with Gasteiger partial charge in [-0.3, -0.25) is 9.78 Å². The zero-order valence-corrected chi connectivity index (χ0v) is 19.3. The average Bonchev–Trinajstić information content (AvgIpc) is 2.82. The van der Waals surface area contributed by atoms with E-state index in [9.17, 15) is 14.3 Å². The molecule has 34 heavy (non-hydrogen) atoms. The van der Waals surface area contributed by atoms with E-state index in [0.29, 0.717) is 18.8 Å². The second kappa shape index (κ2) is 10.6. The van der Waals surface area contributed by atoms with Crippen LogP contribution in [0.2, 0.25) is 0 Å². The number of carbonyl (C=O) groups is 1. The lowest BCUT2D eigenvalue weighted by molar-refractivity contribution is -0.156. The summed E-state index contributed by atoms with van der Waals surface area (Å²) in [5.41, 5.74) is 4.51. The van der Waals surface area contributed by atoms with Crippen LogP contribution >= 0.6 is 0 Å². The largest absolute Gasteiger partial charge is 0.487 e. The van der Waals surface area contributed by atoms with Gasteiger partial charge in [0, 0.05) is 12.6 Å². The number of aliphatic hydroxyl groups is 1. The highest BCUT2D eigenvalue weighted by Crippen LogP contribution is 2.36. The van der Waals surface area contributed by atoms with Crippen LogP contribution in [0.15, 0.2) is 66.9 Å². The van der Waals surface area contributed by atoms with Gasteiger partial charge >= 0.3 is 5.97 Å². The molecule has 1 aliphatic heterocycles. The molecule has 5 nitrogen and oxygen atoms in total. The zero-order chi connectivity index (χ0) is 24.1. The van der Waals surface area contributed by atoms with Gasteiger partial charge in [-0.1, -0.05) is 38.1 Å². The van der Waals surface area contributed by atoms with Gasteiger partial charge in [0.1, 0.15) is 24.3 Å². The van der Waals surface area contributed by atoms with Gasteiger partial charge in [0.15, 0.2) is 0 Å². The SMILES string of the molecule is CC(C)c1cc(OCc2ccccn2)cc(-c2ccc(F)cc2)c1/C=C/C1CC(O)CC(=O)O1. The van der Waals surface area contributed by atoms with Crippen molar-refractivity contribution in [3.05, 3.63) is 89.5 Å². The molecule has 0 aliphatic carbocycles. The van der Waals surface area contributed by atoms with Crippen molar-refractivity contribution >= 4 is 12.0 Å². The standard InChI is InChI=1S/C28H28FNO4/c1-18(2)26-15-24(33-17-21-5-3-4-12-30-21)16-27(19-6-8-20(29)9-7-19)25(26)11-10-23-13-22(31)14-28(32)34-23/h3-12,15-16,18,22-23,31H,13-14,17H2,1-2H3/b11-10+. The number of nitrogens with zero attached hydrogens (tertiary/aromatic N) is 1. The van der Waals surface area contributed by atoms with Crippen molar-refractivity contribution in [2.75, 3.05) is 0 Å². The number of halogens is 1. The van der Waals surface area contributed by atoms with Crippen LogP contribution in [-0.2, 0) is 16.1 Å². The van der Waals surface area contributed by atoms with Gasteiger partial charge in [-0.25, -0.2) is 4.39 Å². The van der Waals surface area contributed by atoms with Crippen molar-refractivity contribution in [3.63, 3.8) is 0 Å². The van der Waals surface area contributed by atoms with Gasteiger partial charge in [0.05, 0.1) is 18.2 Å². The lowest BCUT2D eigenvalue weighted by Gasteiger charge is -2.24. The molecule has 2 heterocycles. The molecular weight excluding hydrogens is 433 g/mol. The molecule has 0 saturated carbocycles. The van der Waals surface area contributed by atoms with Crippen LogP contribution in [0.5, 0.6) is 5.75 Å². The molecule has 176 valence electrons. The van der Waals surface area contributed by atoms with Crippen molar-refractivity contribution in [2.24, 2.45) is 0 Å². The number of hydrogen-bond acceptors (Lipinski definition) is 5. The first-order valence-corrected chi connectivity index (χ1v) is 11.4. The monoisotopic (exact) mass is 461 g/mol. The highest BCUT2D eigenvalue weighted by atomic mass is 19.1. The summed E-state index contributed by atoms with van der Waals surface area (Å²) < 4.78 is 25.1. The quantitative estimate of drug-likeness (QED) is 0.459. The Kier molecular flexibility index (Phi) is 7.38. The maximum Gasteiger partial charge on any atom is 0.309 e. The van der Waals surface area contributed by atoms with E-state index in [0.717, 1.165) is 27.9 Å². The normalized spacial score (nSPS) is 18.3. The van der Waals surface area contributed by atoms with Crippen LogP contribution in [0.25, 0.3) is 17.2 Å². The van der Waals surface area contributed by atoms with Crippen LogP contribution in [-0.4, -0.2) is 28.3 Å². The van der Waals surface area contributed by atoms with Crippen LogP contribution in [0, 0.1) is 5.82 Å². The fraction of sp³-hybridized carbons (Fsp3) is 0.286. The summed E-state index contributed by atoms with van der Waals surface area (Å²) in [5, 5.41) is 9.95. The van der Waals surface area contributed by atoms with Gasteiger partial charge < -0.3 is 14.6 Å². The van der Waals surface area contributed by atoms with Crippen LogP contribution in [0.1, 0.15) is 49.4 Å². The Morgan fingerprint density at radius 1 is 1.21 bits per heavy atom. The summed E-state index contributed by atoms with van der Waals surface area (Å²) in [6.45, 7) is 4.51. The van der Waals surface area contributed by atoms with E-state index in [-0.39, 0.29) is 18.2 Å².